The van der Waals surface area contributed by atoms with Crippen molar-refractivity contribution in [3.63, 3.8) is 0 Å². The molecular formula is C14H18N4S. The normalized spacial score (nSPS) is 11.0. The first-order valence-electron chi connectivity index (χ1n) is 6.27. The Labute approximate surface area is 117 Å². The second kappa shape index (κ2) is 6.12. The Hall–Kier alpha value is -1.46. The molecule has 0 unspecified atom stereocenters. The Morgan fingerprint density at radius 3 is 2.37 bits per heavy atom. The van der Waals surface area contributed by atoms with E-state index in [9.17, 15) is 0 Å². The van der Waals surface area contributed by atoms with Crippen LogP contribution in [-0.2, 0) is 6.54 Å². The highest BCUT2D eigenvalue weighted by atomic mass is 32.2. The van der Waals surface area contributed by atoms with Crippen LogP contribution in [0.4, 0.5) is 0 Å². The van der Waals surface area contributed by atoms with Crippen LogP contribution in [0.5, 0.6) is 0 Å². The van der Waals surface area contributed by atoms with Gasteiger partial charge in [0.05, 0.1) is 6.54 Å². The monoisotopic (exact) mass is 274 g/mol. The standard InChI is InChI=1S/C14H18N4S/c1-9(2)19-12-6-4-11(5-7-12)14-17-10(3)16-13(8-15)18-14/h4-7,9H,8,15H2,1-3H3. The molecule has 0 spiro atoms. The number of hydrogen-bond donors (Lipinski definition) is 1. The van der Waals surface area contributed by atoms with Crippen LogP contribution in [0.3, 0.4) is 0 Å². The van der Waals surface area contributed by atoms with E-state index in [1.807, 2.05) is 30.8 Å². The van der Waals surface area contributed by atoms with Crippen molar-refractivity contribution >= 4 is 11.8 Å². The molecule has 0 bridgehead atoms. The van der Waals surface area contributed by atoms with E-state index in [-0.39, 0.29) is 0 Å². The van der Waals surface area contributed by atoms with E-state index in [0.29, 0.717) is 29.3 Å². The molecule has 0 aliphatic carbocycles. The summed E-state index contributed by atoms with van der Waals surface area (Å²) in [5.41, 5.74) is 6.58. The molecule has 0 atom stereocenters. The summed E-state index contributed by atoms with van der Waals surface area (Å²) in [6.45, 7) is 6.55. The van der Waals surface area contributed by atoms with Gasteiger partial charge in [-0.3, -0.25) is 0 Å². The number of rotatable bonds is 4. The smallest absolute Gasteiger partial charge is 0.163 e. The zero-order chi connectivity index (χ0) is 13.8. The molecule has 0 amide bonds. The first-order valence-corrected chi connectivity index (χ1v) is 7.15. The minimum absolute atomic E-state index is 0.331. The minimum Gasteiger partial charge on any atom is -0.324 e. The summed E-state index contributed by atoms with van der Waals surface area (Å²) in [7, 11) is 0. The summed E-state index contributed by atoms with van der Waals surface area (Å²) in [6, 6.07) is 8.28. The number of aryl methyl sites for hydroxylation is 1. The average Bonchev–Trinajstić information content (AvgIpc) is 2.38. The summed E-state index contributed by atoms with van der Waals surface area (Å²) in [6.07, 6.45) is 0. The van der Waals surface area contributed by atoms with Gasteiger partial charge in [0, 0.05) is 15.7 Å². The van der Waals surface area contributed by atoms with Crippen molar-refractivity contribution in [3.05, 3.63) is 35.9 Å². The first kappa shape index (κ1) is 14.0. The average molecular weight is 274 g/mol. The number of nitrogens with zero attached hydrogens (tertiary/aromatic N) is 3. The number of thioether (sulfide) groups is 1. The molecule has 1 aromatic carbocycles. The molecule has 2 N–H and O–H groups in total. The molecule has 0 saturated heterocycles. The van der Waals surface area contributed by atoms with Crippen molar-refractivity contribution in [2.45, 2.75) is 37.5 Å². The molecule has 100 valence electrons. The van der Waals surface area contributed by atoms with Gasteiger partial charge in [0.1, 0.15) is 11.6 Å². The fourth-order valence-electron chi connectivity index (χ4n) is 1.71. The molecule has 2 aromatic rings. The van der Waals surface area contributed by atoms with Crippen molar-refractivity contribution in [2.75, 3.05) is 0 Å². The largest absolute Gasteiger partial charge is 0.324 e. The Balaban J connectivity index is 2.29. The van der Waals surface area contributed by atoms with Crippen LogP contribution in [-0.4, -0.2) is 20.2 Å². The van der Waals surface area contributed by atoms with Gasteiger partial charge in [-0.2, -0.15) is 0 Å². The lowest BCUT2D eigenvalue weighted by Gasteiger charge is -2.07. The van der Waals surface area contributed by atoms with E-state index in [0.717, 1.165) is 5.56 Å². The number of benzene rings is 1. The minimum atomic E-state index is 0.331. The third kappa shape index (κ3) is 3.75. The number of aromatic nitrogens is 3. The molecule has 4 nitrogen and oxygen atoms in total. The van der Waals surface area contributed by atoms with Gasteiger partial charge >= 0.3 is 0 Å². The number of hydrogen-bond acceptors (Lipinski definition) is 5. The molecule has 0 radical (unpaired) electrons. The maximum atomic E-state index is 5.59. The van der Waals surface area contributed by atoms with Crippen LogP contribution >= 0.6 is 11.8 Å². The van der Waals surface area contributed by atoms with Crippen molar-refractivity contribution in [2.24, 2.45) is 5.73 Å². The summed E-state index contributed by atoms with van der Waals surface area (Å²) in [5, 5.41) is 0.578. The van der Waals surface area contributed by atoms with Gasteiger partial charge in [0.25, 0.3) is 0 Å². The van der Waals surface area contributed by atoms with Gasteiger partial charge in [-0.25, -0.2) is 15.0 Å². The van der Waals surface area contributed by atoms with Crippen molar-refractivity contribution < 1.29 is 0 Å². The zero-order valence-corrected chi connectivity index (χ0v) is 12.2. The maximum Gasteiger partial charge on any atom is 0.163 e. The van der Waals surface area contributed by atoms with Gasteiger partial charge in [0.15, 0.2) is 5.82 Å². The molecule has 2 rings (SSSR count). The fourth-order valence-corrected chi connectivity index (χ4v) is 2.55. The summed E-state index contributed by atoms with van der Waals surface area (Å²) < 4.78 is 0. The molecule has 1 aromatic heterocycles. The Morgan fingerprint density at radius 2 is 1.79 bits per heavy atom. The molecule has 0 saturated carbocycles. The second-order valence-electron chi connectivity index (χ2n) is 4.52. The SMILES string of the molecule is Cc1nc(CN)nc(-c2ccc(SC(C)C)cc2)n1. The quantitative estimate of drug-likeness (QED) is 0.868. The van der Waals surface area contributed by atoms with Crippen LogP contribution in [0.25, 0.3) is 11.4 Å². The summed E-state index contributed by atoms with van der Waals surface area (Å²) >= 11 is 1.84. The molecule has 0 aliphatic rings. The summed E-state index contributed by atoms with van der Waals surface area (Å²) in [4.78, 5) is 14.2. The van der Waals surface area contributed by atoms with E-state index >= 15 is 0 Å². The Morgan fingerprint density at radius 1 is 1.11 bits per heavy atom. The van der Waals surface area contributed by atoms with Crippen LogP contribution in [0, 0.1) is 6.92 Å². The van der Waals surface area contributed by atoms with E-state index < -0.39 is 0 Å². The third-order valence-electron chi connectivity index (χ3n) is 2.46. The topological polar surface area (TPSA) is 64.7 Å². The molecule has 5 heteroatoms. The van der Waals surface area contributed by atoms with Gasteiger partial charge in [-0.1, -0.05) is 26.0 Å². The Kier molecular flexibility index (Phi) is 4.50. The predicted octanol–water partition coefficient (Wildman–Crippen LogP) is 2.81. The molecule has 0 fully saturated rings. The number of nitrogens with two attached hydrogens (primary N) is 1. The highest BCUT2D eigenvalue weighted by Crippen LogP contribution is 2.25. The predicted molar refractivity (Wildman–Crippen MR) is 78.9 cm³/mol. The highest BCUT2D eigenvalue weighted by Gasteiger charge is 2.06. The second-order valence-corrected chi connectivity index (χ2v) is 6.17. The van der Waals surface area contributed by atoms with Crippen molar-refractivity contribution in [3.8, 4) is 11.4 Å². The lowest BCUT2D eigenvalue weighted by Crippen LogP contribution is -2.07. The molecule has 0 aliphatic heterocycles. The third-order valence-corrected chi connectivity index (χ3v) is 3.48. The molecular weight excluding hydrogens is 256 g/mol. The van der Waals surface area contributed by atoms with E-state index in [2.05, 4.69) is 40.9 Å². The van der Waals surface area contributed by atoms with Crippen LogP contribution in [0.1, 0.15) is 25.5 Å². The maximum absolute atomic E-state index is 5.59. The lowest BCUT2D eigenvalue weighted by molar-refractivity contribution is 0.851. The van der Waals surface area contributed by atoms with Gasteiger partial charge in [-0.05, 0) is 19.1 Å². The summed E-state index contributed by atoms with van der Waals surface area (Å²) in [5.74, 6) is 2.02. The lowest BCUT2D eigenvalue weighted by atomic mass is 10.2. The van der Waals surface area contributed by atoms with Crippen LogP contribution in [0.2, 0.25) is 0 Å². The Bertz CT molecular complexity index is 552. The zero-order valence-electron chi connectivity index (χ0n) is 11.4. The van der Waals surface area contributed by atoms with E-state index in [1.165, 1.54) is 4.90 Å². The van der Waals surface area contributed by atoms with Crippen molar-refractivity contribution in [1.29, 1.82) is 0 Å². The van der Waals surface area contributed by atoms with E-state index in [1.54, 1.807) is 0 Å². The van der Waals surface area contributed by atoms with Crippen LogP contribution in [0.15, 0.2) is 29.2 Å². The molecule has 19 heavy (non-hydrogen) atoms. The van der Waals surface area contributed by atoms with Gasteiger partial charge in [-0.15, -0.1) is 11.8 Å². The van der Waals surface area contributed by atoms with Gasteiger partial charge in [0.2, 0.25) is 0 Å². The molecule has 1 heterocycles. The van der Waals surface area contributed by atoms with Crippen LogP contribution < -0.4 is 5.73 Å². The first-order chi connectivity index (χ1) is 9.08. The van der Waals surface area contributed by atoms with Gasteiger partial charge < -0.3 is 5.73 Å². The van der Waals surface area contributed by atoms with E-state index in [4.69, 9.17) is 5.73 Å². The van der Waals surface area contributed by atoms with Crippen molar-refractivity contribution in [1.82, 2.24) is 15.0 Å². The highest BCUT2D eigenvalue weighted by molar-refractivity contribution is 7.99. The fraction of sp³-hybridized carbons (Fsp3) is 0.357.